The second kappa shape index (κ2) is 15.2. The minimum atomic E-state index is -4.41. The zero-order valence-corrected chi connectivity index (χ0v) is 28.6. The maximum Gasteiger partial charge on any atom is 0.416 e. The first-order chi connectivity index (χ1) is 24.4. The Bertz CT molecular complexity index is 2050. The fourth-order valence-corrected chi connectivity index (χ4v) is 6.82. The van der Waals surface area contributed by atoms with E-state index >= 15 is 0 Å². The largest absolute Gasteiger partial charge is 0.416 e. The lowest BCUT2D eigenvalue weighted by atomic mass is 10.00. The first-order valence-electron chi connectivity index (χ1n) is 17.3. The standard InChI is InChI=1S/C39H40F5N5O2/c1-3-46-20-18-31(19-21-46)48(23-26-8-10-27(11-9-26)28-12-15-30(16-13-28)39(42,43)44)36(51)25-49-32(17-14-29-6-5-7-34(40)37(29)41)22-35(50)33-24-47(4-2)45-38(33)49/h5-13,15-16,22,24,31H,3-4,14,17-21,23,25H2,1-2H3. The maximum atomic E-state index is 14.6. The highest BCUT2D eigenvalue weighted by Crippen LogP contribution is 2.31. The quantitative estimate of drug-likeness (QED) is 0.134. The summed E-state index contributed by atoms with van der Waals surface area (Å²) in [5, 5.41) is 5.00. The molecule has 0 atom stereocenters. The Morgan fingerprint density at radius 1 is 0.902 bits per heavy atom. The SMILES string of the molecule is CCN1CCC(N(Cc2ccc(-c3ccc(C(F)(F)F)cc3)cc2)C(=O)Cn2c(CCc3cccc(F)c3F)cc(=O)c3cn(CC)nc32)CC1. The van der Waals surface area contributed by atoms with Crippen LogP contribution in [-0.4, -0.2) is 55.7 Å². The van der Waals surface area contributed by atoms with Gasteiger partial charge < -0.3 is 14.4 Å². The predicted octanol–water partition coefficient (Wildman–Crippen LogP) is 7.48. The van der Waals surface area contributed by atoms with Crippen molar-refractivity contribution in [2.24, 2.45) is 0 Å². The van der Waals surface area contributed by atoms with Crippen LogP contribution >= 0.6 is 0 Å². The molecule has 268 valence electrons. The second-order valence-electron chi connectivity index (χ2n) is 13.0. The Hall–Kier alpha value is -4.84. The highest BCUT2D eigenvalue weighted by Gasteiger charge is 2.31. The number of piperidine rings is 1. The summed E-state index contributed by atoms with van der Waals surface area (Å²) in [7, 11) is 0. The Morgan fingerprint density at radius 2 is 1.57 bits per heavy atom. The first-order valence-corrected chi connectivity index (χ1v) is 17.3. The molecular weight excluding hydrogens is 665 g/mol. The fraction of sp³-hybridized carbons (Fsp3) is 0.359. The van der Waals surface area contributed by atoms with Crippen LogP contribution in [0.1, 0.15) is 49.1 Å². The van der Waals surface area contributed by atoms with E-state index in [1.54, 1.807) is 15.4 Å². The third-order valence-corrected chi connectivity index (χ3v) is 9.82. The van der Waals surface area contributed by atoms with E-state index in [9.17, 15) is 31.5 Å². The number of halogens is 5. The number of hydrogen-bond acceptors (Lipinski definition) is 4. The smallest absolute Gasteiger partial charge is 0.334 e. The summed E-state index contributed by atoms with van der Waals surface area (Å²) >= 11 is 0. The van der Waals surface area contributed by atoms with Crippen molar-refractivity contribution in [2.45, 2.75) is 71.4 Å². The van der Waals surface area contributed by atoms with Gasteiger partial charge in [0, 0.05) is 50.2 Å². The molecule has 12 heteroatoms. The average Bonchev–Trinajstić information content (AvgIpc) is 3.58. The number of hydrogen-bond donors (Lipinski definition) is 0. The lowest BCUT2D eigenvalue weighted by Crippen LogP contribution is -2.48. The van der Waals surface area contributed by atoms with Gasteiger partial charge in [-0.3, -0.25) is 14.3 Å². The van der Waals surface area contributed by atoms with Crippen molar-refractivity contribution in [3.05, 3.63) is 123 Å². The van der Waals surface area contributed by atoms with E-state index in [0.717, 1.165) is 61.8 Å². The van der Waals surface area contributed by atoms with Crippen molar-refractivity contribution in [1.29, 1.82) is 0 Å². The third kappa shape index (κ3) is 8.06. The van der Waals surface area contributed by atoms with Crippen molar-refractivity contribution < 1.29 is 26.7 Å². The van der Waals surface area contributed by atoms with Gasteiger partial charge in [0.2, 0.25) is 5.91 Å². The van der Waals surface area contributed by atoms with Crippen LogP contribution in [0.15, 0.2) is 83.8 Å². The highest BCUT2D eigenvalue weighted by molar-refractivity contribution is 5.80. The molecule has 51 heavy (non-hydrogen) atoms. The summed E-state index contributed by atoms with van der Waals surface area (Å²) in [5.74, 6) is -2.06. The monoisotopic (exact) mass is 705 g/mol. The fourth-order valence-electron chi connectivity index (χ4n) is 6.82. The lowest BCUT2D eigenvalue weighted by Gasteiger charge is -2.38. The molecule has 0 aliphatic carbocycles. The van der Waals surface area contributed by atoms with Gasteiger partial charge in [-0.25, -0.2) is 8.78 Å². The molecule has 0 radical (unpaired) electrons. The van der Waals surface area contributed by atoms with Crippen molar-refractivity contribution in [2.75, 3.05) is 19.6 Å². The molecule has 0 N–H and O–H groups in total. The van der Waals surface area contributed by atoms with Gasteiger partial charge in [0.25, 0.3) is 0 Å². The highest BCUT2D eigenvalue weighted by atomic mass is 19.4. The van der Waals surface area contributed by atoms with Crippen molar-refractivity contribution >= 4 is 16.9 Å². The molecular formula is C39H40F5N5O2. The van der Waals surface area contributed by atoms with Gasteiger partial charge in [0.15, 0.2) is 22.7 Å². The van der Waals surface area contributed by atoms with Gasteiger partial charge in [0.05, 0.1) is 10.9 Å². The van der Waals surface area contributed by atoms with Crippen LogP contribution in [0.5, 0.6) is 0 Å². The average molecular weight is 706 g/mol. The van der Waals surface area contributed by atoms with Gasteiger partial charge in [-0.05, 0) is 79.6 Å². The van der Waals surface area contributed by atoms with E-state index < -0.39 is 23.4 Å². The van der Waals surface area contributed by atoms with E-state index in [1.807, 2.05) is 36.1 Å². The molecule has 6 rings (SSSR count). The summed E-state index contributed by atoms with van der Waals surface area (Å²) in [6.45, 7) is 7.29. The Kier molecular flexibility index (Phi) is 10.7. The molecule has 1 amide bonds. The van der Waals surface area contributed by atoms with E-state index in [1.165, 1.54) is 30.3 Å². The Balaban J connectivity index is 1.30. The number of aromatic nitrogens is 3. The predicted molar refractivity (Wildman–Crippen MR) is 186 cm³/mol. The number of benzene rings is 3. The van der Waals surface area contributed by atoms with Crippen LogP contribution in [0, 0.1) is 11.6 Å². The van der Waals surface area contributed by atoms with Gasteiger partial charge in [0.1, 0.15) is 6.54 Å². The Labute approximate surface area is 292 Å². The molecule has 1 saturated heterocycles. The number of pyridine rings is 1. The van der Waals surface area contributed by atoms with Gasteiger partial charge in [-0.1, -0.05) is 55.5 Å². The number of aryl methyl sites for hydroxylation is 3. The van der Waals surface area contributed by atoms with Crippen LogP contribution in [0.4, 0.5) is 22.0 Å². The number of likely N-dealkylation sites (tertiary alicyclic amines) is 1. The van der Waals surface area contributed by atoms with Gasteiger partial charge in [-0.15, -0.1) is 0 Å². The molecule has 3 heterocycles. The third-order valence-electron chi connectivity index (χ3n) is 9.82. The topological polar surface area (TPSA) is 63.4 Å². The van der Waals surface area contributed by atoms with Crippen molar-refractivity contribution in [3.63, 3.8) is 0 Å². The molecule has 5 aromatic rings. The molecule has 2 aromatic heterocycles. The maximum absolute atomic E-state index is 14.6. The van der Waals surface area contributed by atoms with E-state index in [4.69, 9.17) is 0 Å². The molecule has 3 aromatic carbocycles. The summed E-state index contributed by atoms with van der Waals surface area (Å²) < 4.78 is 71.2. The zero-order valence-electron chi connectivity index (χ0n) is 28.6. The molecule has 1 aliphatic heterocycles. The number of nitrogens with zero attached hydrogens (tertiary/aromatic N) is 5. The van der Waals surface area contributed by atoms with Crippen LogP contribution in [0.25, 0.3) is 22.2 Å². The molecule has 0 bridgehead atoms. The number of carbonyl (C=O) groups is 1. The summed E-state index contributed by atoms with van der Waals surface area (Å²) in [4.78, 5) is 31.9. The minimum Gasteiger partial charge on any atom is -0.334 e. The van der Waals surface area contributed by atoms with Crippen molar-refractivity contribution in [3.8, 4) is 11.1 Å². The second-order valence-corrected chi connectivity index (χ2v) is 13.0. The lowest BCUT2D eigenvalue weighted by molar-refractivity contribution is -0.137. The van der Waals surface area contributed by atoms with E-state index in [0.29, 0.717) is 35.4 Å². The van der Waals surface area contributed by atoms with Gasteiger partial charge in [-0.2, -0.15) is 18.3 Å². The van der Waals surface area contributed by atoms with Crippen molar-refractivity contribution in [1.82, 2.24) is 24.1 Å². The molecule has 1 aliphatic rings. The summed E-state index contributed by atoms with van der Waals surface area (Å²) in [5.41, 5.74) is 2.30. The van der Waals surface area contributed by atoms with E-state index in [2.05, 4.69) is 16.9 Å². The van der Waals surface area contributed by atoms with Gasteiger partial charge >= 0.3 is 6.18 Å². The first kappa shape index (κ1) is 36.0. The summed E-state index contributed by atoms with van der Waals surface area (Å²) in [6, 6.07) is 17.9. The van der Waals surface area contributed by atoms with Crippen LogP contribution in [0.2, 0.25) is 0 Å². The zero-order chi connectivity index (χ0) is 36.3. The number of alkyl halides is 3. The number of fused-ring (bicyclic) bond motifs is 1. The number of amides is 1. The van der Waals surface area contributed by atoms with Crippen LogP contribution < -0.4 is 5.43 Å². The molecule has 1 fully saturated rings. The van der Waals surface area contributed by atoms with Crippen LogP contribution in [-0.2, 0) is 43.4 Å². The minimum absolute atomic E-state index is 0.0530. The normalized spacial score (nSPS) is 14.3. The Morgan fingerprint density at radius 3 is 2.20 bits per heavy atom. The van der Waals surface area contributed by atoms with Crippen LogP contribution in [0.3, 0.4) is 0 Å². The number of rotatable bonds is 11. The molecule has 0 unspecified atom stereocenters. The van der Waals surface area contributed by atoms with E-state index in [-0.39, 0.29) is 42.3 Å². The summed E-state index contributed by atoms with van der Waals surface area (Å²) in [6.07, 6.45) is -0.911. The number of carbonyl (C=O) groups excluding carboxylic acids is 1. The molecule has 7 nitrogen and oxygen atoms in total. The molecule has 0 spiro atoms. The molecule has 0 saturated carbocycles.